The summed E-state index contributed by atoms with van der Waals surface area (Å²) >= 11 is 0. The van der Waals surface area contributed by atoms with Crippen molar-refractivity contribution in [2.24, 2.45) is 21.3 Å². The van der Waals surface area contributed by atoms with E-state index in [2.05, 4.69) is 37.4 Å². The summed E-state index contributed by atoms with van der Waals surface area (Å²) in [5, 5.41) is 5.74. The van der Waals surface area contributed by atoms with Crippen molar-refractivity contribution >= 4 is 33.9 Å². The molecule has 1 saturated carbocycles. The van der Waals surface area contributed by atoms with Gasteiger partial charge in [-0.2, -0.15) is 0 Å². The third-order valence-corrected chi connectivity index (χ3v) is 6.06. The predicted molar refractivity (Wildman–Crippen MR) is 123 cm³/mol. The maximum Gasteiger partial charge on any atom is 0.223 e. The second kappa shape index (κ2) is 7.21. The summed E-state index contributed by atoms with van der Waals surface area (Å²) in [6.07, 6.45) is 1.44. The molecule has 2 aliphatic rings. The molecule has 2 atom stereocenters. The van der Waals surface area contributed by atoms with Crippen molar-refractivity contribution in [2.75, 3.05) is 5.32 Å². The highest BCUT2D eigenvalue weighted by Crippen LogP contribution is 2.40. The smallest absolute Gasteiger partial charge is 0.223 e. The largest absolute Gasteiger partial charge is 0.324 e. The van der Waals surface area contributed by atoms with Crippen LogP contribution in [-0.2, 0) is 4.79 Å². The highest BCUT2D eigenvalue weighted by molar-refractivity contribution is 6.21. The van der Waals surface area contributed by atoms with Gasteiger partial charge in [0.05, 0.1) is 17.7 Å². The number of aliphatic imine (C=N–C) groups is 2. The molecule has 1 aliphatic carbocycles. The summed E-state index contributed by atoms with van der Waals surface area (Å²) < 4.78 is 0. The average Bonchev–Trinajstić information content (AvgIpc) is 2.73. The van der Waals surface area contributed by atoms with Crippen LogP contribution >= 0.6 is 0 Å². The molecule has 0 bridgehead atoms. The molecule has 0 radical (unpaired) electrons. The number of fused-ring (bicyclic) bond motifs is 2. The Balaban J connectivity index is 1.58. The Hall–Kier alpha value is -3.27. The Bertz CT molecular complexity index is 1170. The van der Waals surface area contributed by atoms with Gasteiger partial charge in [0.15, 0.2) is 0 Å². The molecule has 1 N–H and O–H groups in total. The van der Waals surface area contributed by atoms with Crippen molar-refractivity contribution in [1.29, 1.82) is 0 Å². The van der Waals surface area contributed by atoms with Gasteiger partial charge in [0.25, 0.3) is 0 Å². The molecule has 1 fully saturated rings. The highest BCUT2D eigenvalue weighted by atomic mass is 16.1. The molecule has 0 aromatic heterocycles. The van der Waals surface area contributed by atoms with Crippen molar-refractivity contribution in [3.05, 3.63) is 78.4 Å². The SMILES string of the molecule is CC1(C)CC(=O)C2C(c3ccccc3)=NC(Nc3cccc4ccccc34)=NC2C1. The zero-order valence-corrected chi connectivity index (χ0v) is 17.3. The van der Waals surface area contributed by atoms with Gasteiger partial charge in [0.1, 0.15) is 5.78 Å². The van der Waals surface area contributed by atoms with Gasteiger partial charge in [-0.15, -0.1) is 0 Å². The molecular formula is C26H25N3O. The second-order valence-electron chi connectivity index (χ2n) is 9.02. The fraction of sp³-hybridized carbons (Fsp3) is 0.269. The van der Waals surface area contributed by atoms with Crippen LogP contribution in [0.2, 0.25) is 0 Å². The summed E-state index contributed by atoms with van der Waals surface area (Å²) in [6.45, 7) is 4.31. The predicted octanol–water partition coefficient (Wildman–Crippen LogP) is 5.48. The number of ketones is 1. The van der Waals surface area contributed by atoms with Crippen LogP contribution in [0.15, 0.2) is 82.8 Å². The number of carbonyl (C=O) groups is 1. The molecule has 4 heteroatoms. The molecule has 150 valence electrons. The standard InChI is InChI=1S/C26H25N3O/c1-26(2)15-21-23(22(30)16-26)24(18-10-4-3-5-11-18)29-25(28-21)27-20-14-8-12-17-9-6-7-13-19(17)20/h3-14,21,23H,15-16H2,1-2H3,(H,27,28). The Morgan fingerprint density at radius 3 is 2.50 bits per heavy atom. The topological polar surface area (TPSA) is 53.8 Å². The van der Waals surface area contributed by atoms with E-state index in [1.54, 1.807) is 0 Å². The second-order valence-corrected chi connectivity index (χ2v) is 9.02. The molecule has 30 heavy (non-hydrogen) atoms. The molecule has 0 amide bonds. The normalized spacial score (nSPS) is 22.8. The fourth-order valence-corrected chi connectivity index (χ4v) is 4.74. The maximum atomic E-state index is 13.1. The molecule has 0 spiro atoms. The minimum Gasteiger partial charge on any atom is -0.324 e. The zero-order valence-electron chi connectivity index (χ0n) is 17.3. The molecule has 5 rings (SSSR count). The Kier molecular flexibility index (Phi) is 4.50. The van der Waals surface area contributed by atoms with E-state index in [1.165, 1.54) is 0 Å². The maximum absolute atomic E-state index is 13.1. The van der Waals surface area contributed by atoms with Gasteiger partial charge in [-0.05, 0) is 28.9 Å². The first kappa shape index (κ1) is 18.7. The van der Waals surface area contributed by atoms with Gasteiger partial charge < -0.3 is 5.32 Å². The van der Waals surface area contributed by atoms with Crippen LogP contribution in [0.5, 0.6) is 0 Å². The zero-order chi connectivity index (χ0) is 20.7. The number of nitrogens with zero attached hydrogens (tertiary/aromatic N) is 2. The van der Waals surface area contributed by atoms with E-state index in [0.717, 1.165) is 34.2 Å². The lowest BCUT2D eigenvalue weighted by molar-refractivity contribution is -0.126. The first-order valence-corrected chi connectivity index (χ1v) is 10.5. The summed E-state index contributed by atoms with van der Waals surface area (Å²) in [5.41, 5.74) is 2.75. The number of Topliss-reactive ketones (excluding diaryl/α,β-unsaturated/α-hetero) is 1. The quantitative estimate of drug-likeness (QED) is 0.624. The van der Waals surface area contributed by atoms with Crippen molar-refractivity contribution in [2.45, 2.75) is 32.7 Å². The lowest BCUT2D eigenvalue weighted by Crippen LogP contribution is -2.47. The van der Waals surface area contributed by atoms with Crippen LogP contribution in [-0.4, -0.2) is 23.5 Å². The minimum absolute atomic E-state index is 0.0502. The van der Waals surface area contributed by atoms with Gasteiger partial charge in [0.2, 0.25) is 5.96 Å². The lowest BCUT2D eigenvalue weighted by Gasteiger charge is -2.40. The van der Waals surface area contributed by atoms with Gasteiger partial charge in [0, 0.05) is 17.5 Å². The third-order valence-electron chi connectivity index (χ3n) is 6.06. The van der Waals surface area contributed by atoms with Gasteiger partial charge in [-0.1, -0.05) is 80.6 Å². The summed E-state index contributed by atoms with van der Waals surface area (Å²) in [7, 11) is 0. The van der Waals surface area contributed by atoms with E-state index < -0.39 is 0 Å². The molecule has 1 aliphatic heterocycles. The number of hydrogen-bond acceptors (Lipinski definition) is 4. The van der Waals surface area contributed by atoms with E-state index >= 15 is 0 Å². The first-order chi connectivity index (χ1) is 14.5. The number of hydrogen-bond donors (Lipinski definition) is 1. The van der Waals surface area contributed by atoms with E-state index in [-0.39, 0.29) is 23.2 Å². The van der Waals surface area contributed by atoms with Crippen molar-refractivity contribution in [3.63, 3.8) is 0 Å². The molecule has 0 saturated heterocycles. The molecule has 3 aromatic carbocycles. The number of rotatable bonds is 2. The molecule has 2 unspecified atom stereocenters. The first-order valence-electron chi connectivity index (χ1n) is 10.5. The Morgan fingerprint density at radius 2 is 1.67 bits per heavy atom. The van der Waals surface area contributed by atoms with Crippen LogP contribution in [0.1, 0.15) is 32.3 Å². The summed E-state index contributed by atoms with van der Waals surface area (Å²) in [6, 6.07) is 24.4. The number of anilines is 1. The average molecular weight is 396 g/mol. The van der Waals surface area contributed by atoms with E-state index in [1.807, 2.05) is 54.6 Å². The van der Waals surface area contributed by atoms with Crippen molar-refractivity contribution in [3.8, 4) is 0 Å². The number of guanidine groups is 1. The van der Waals surface area contributed by atoms with Gasteiger partial charge in [-0.25, -0.2) is 9.98 Å². The van der Waals surface area contributed by atoms with E-state index in [9.17, 15) is 4.79 Å². The number of carbonyl (C=O) groups excluding carboxylic acids is 1. The Morgan fingerprint density at radius 1 is 0.933 bits per heavy atom. The van der Waals surface area contributed by atoms with E-state index in [4.69, 9.17) is 9.98 Å². The van der Waals surface area contributed by atoms with Crippen LogP contribution in [0.3, 0.4) is 0 Å². The number of nitrogens with one attached hydrogen (secondary N) is 1. The molecular weight excluding hydrogens is 370 g/mol. The van der Waals surface area contributed by atoms with Crippen LogP contribution in [0.4, 0.5) is 5.69 Å². The van der Waals surface area contributed by atoms with Crippen LogP contribution < -0.4 is 5.32 Å². The molecule has 3 aromatic rings. The van der Waals surface area contributed by atoms with Gasteiger partial charge >= 0.3 is 0 Å². The number of benzene rings is 3. The minimum atomic E-state index is -0.265. The monoisotopic (exact) mass is 395 g/mol. The summed E-state index contributed by atoms with van der Waals surface area (Å²) in [4.78, 5) is 22.9. The lowest BCUT2D eigenvalue weighted by atomic mass is 9.67. The van der Waals surface area contributed by atoms with E-state index in [0.29, 0.717) is 12.4 Å². The summed E-state index contributed by atoms with van der Waals surface area (Å²) in [5.74, 6) is 0.558. The fourth-order valence-electron chi connectivity index (χ4n) is 4.74. The Labute approximate surface area is 176 Å². The van der Waals surface area contributed by atoms with Crippen LogP contribution in [0.25, 0.3) is 10.8 Å². The molecule has 4 nitrogen and oxygen atoms in total. The van der Waals surface area contributed by atoms with Gasteiger partial charge in [-0.3, -0.25) is 4.79 Å². The van der Waals surface area contributed by atoms with Crippen molar-refractivity contribution in [1.82, 2.24) is 0 Å². The van der Waals surface area contributed by atoms with Crippen LogP contribution in [0, 0.1) is 11.3 Å². The van der Waals surface area contributed by atoms with Crippen molar-refractivity contribution < 1.29 is 4.79 Å². The highest BCUT2D eigenvalue weighted by Gasteiger charge is 2.45. The molecule has 1 heterocycles. The third kappa shape index (κ3) is 3.43.